The second kappa shape index (κ2) is 10.9. The van der Waals surface area contributed by atoms with Gasteiger partial charge in [0, 0.05) is 12.2 Å². The van der Waals surface area contributed by atoms with Crippen LogP contribution in [0.3, 0.4) is 0 Å². The average molecular weight is 465 g/mol. The smallest absolute Gasteiger partial charge is 0.272 e. The molecule has 2 aromatic heterocycles. The monoisotopic (exact) mass is 464 g/mol. The van der Waals surface area contributed by atoms with E-state index >= 15 is 0 Å². The molecule has 0 bridgehead atoms. The number of nitrogen functional groups attached to an aromatic ring is 1. The number of benzene rings is 1. The van der Waals surface area contributed by atoms with Gasteiger partial charge in [-0.2, -0.15) is 0 Å². The first-order valence-corrected chi connectivity index (χ1v) is 11.4. The zero-order chi connectivity index (χ0) is 24.8. The lowest BCUT2D eigenvalue weighted by molar-refractivity contribution is 0.102. The fourth-order valence-corrected chi connectivity index (χ4v) is 4.06. The number of ether oxygens (including phenoxy) is 1. The largest absolute Gasteiger partial charge is 0.494 e. The predicted octanol–water partition coefficient (Wildman–Crippen LogP) is 3.54. The highest BCUT2D eigenvalue weighted by Crippen LogP contribution is 2.25. The first-order chi connectivity index (χ1) is 16.3. The van der Waals surface area contributed by atoms with Gasteiger partial charge in [-0.05, 0) is 69.1 Å². The number of nitrogens with zero attached hydrogens (tertiary/aromatic N) is 3. The van der Waals surface area contributed by atoms with Crippen LogP contribution in [0.25, 0.3) is 5.69 Å². The lowest BCUT2D eigenvalue weighted by Crippen LogP contribution is -2.31. The molecule has 0 radical (unpaired) electrons. The van der Waals surface area contributed by atoms with Gasteiger partial charge >= 0.3 is 0 Å². The highest BCUT2D eigenvalue weighted by molar-refractivity contribution is 6.06. The summed E-state index contributed by atoms with van der Waals surface area (Å²) in [6, 6.07) is 5.65. The molecule has 9 nitrogen and oxygen atoms in total. The summed E-state index contributed by atoms with van der Waals surface area (Å²) in [5.41, 5.74) is 8.88. The minimum Gasteiger partial charge on any atom is -0.494 e. The number of nitrogens with two attached hydrogens (primary N) is 1. The number of nitrogens with one attached hydrogen (secondary N) is 2. The maximum atomic E-state index is 13.4. The van der Waals surface area contributed by atoms with E-state index in [1.165, 1.54) is 17.1 Å². The Morgan fingerprint density at radius 3 is 2.50 bits per heavy atom. The minimum absolute atomic E-state index is 0.112. The number of amides is 1. The molecule has 180 valence electrons. The Bertz CT molecular complexity index is 1210. The normalized spacial score (nSPS) is 11.8. The van der Waals surface area contributed by atoms with Crippen LogP contribution in [0.5, 0.6) is 5.75 Å². The molecule has 3 rings (SSSR count). The fraction of sp³-hybridized carbons (Fsp3) is 0.360. The van der Waals surface area contributed by atoms with Crippen molar-refractivity contribution < 1.29 is 9.53 Å². The summed E-state index contributed by atoms with van der Waals surface area (Å²) in [5, 5.41) is 6.01. The predicted molar refractivity (Wildman–Crippen MR) is 134 cm³/mol. The Balaban J connectivity index is 1.98. The minimum atomic E-state index is -0.638. The molecular weight excluding hydrogens is 432 g/mol. The Kier molecular flexibility index (Phi) is 8.01. The van der Waals surface area contributed by atoms with Gasteiger partial charge in [0.05, 0.1) is 24.2 Å². The van der Waals surface area contributed by atoms with E-state index in [-0.39, 0.29) is 17.4 Å². The molecule has 0 aliphatic rings. The number of anilines is 2. The Morgan fingerprint density at radius 1 is 1.18 bits per heavy atom. The molecule has 0 aliphatic carbocycles. The van der Waals surface area contributed by atoms with E-state index in [2.05, 4.69) is 27.5 Å². The number of pyridine rings is 1. The molecule has 0 aliphatic heterocycles. The van der Waals surface area contributed by atoms with E-state index in [0.717, 1.165) is 29.5 Å². The van der Waals surface area contributed by atoms with Crippen molar-refractivity contribution in [2.24, 2.45) is 0 Å². The molecule has 1 aromatic carbocycles. The number of aryl methyl sites for hydroxylation is 2. The quantitative estimate of drug-likeness (QED) is 0.442. The van der Waals surface area contributed by atoms with Gasteiger partial charge in [0.25, 0.3) is 11.5 Å². The van der Waals surface area contributed by atoms with Crippen LogP contribution in [-0.4, -0.2) is 34.1 Å². The van der Waals surface area contributed by atoms with Crippen LogP contribution in [0.1, 0.15) is 59.8 Å². The van der Waals surface area contributed by atoms with Crippen molar-refractivity contribution in [2.75, 3.05) is 24.7 Å². The van der Waals surface area contributed by atoms with Crippen molar-refractivity contribution >= 4 is 17.4 Å². The summed E-state index contributed by atoms with van der Waals surface area (Å²) in [5.74, 6) is -0.0600. The molecule has 4 N–H and O–H groups in total. The van der Waals surface area contributed by atoms with Gasteiger partial charge in [0.2, 0.25) is 0 Å². The lowest BCUT2D eigenvalue weighted by atomic mass is 10.0. The summed E-state index contributed by atoms with van der Waals surface area (Å²) in [4.78, 5) is 34.9. The van der Waals surface area contributed by atoms with E-state index < -0.39 is 11.5 Å². The molecule has 0 saturated heterocycles. The molecule has 0 fully saturated rings. The maximum absolute atomic E-state index is 13.4. The molecule has 2 heterocycles. The van der Waals surface area contributed by atoms with Gasteiger partial charge in [0.15, 0.2) is 0 Å². The third kappa shape index (κ3) is 5.26. The number of carbonyl (C=O) groups excluding carboxylic acids is 1. The molecule has 1 amide bonds. The topological polar surface area (TPSA) is 124 Å². The molecule has 0 saturated carbocycles. The van der Waals surface area contributed by atoms with E-state index in [0.29, 0.717) is 23.7 Å². The standard InChI is InChI=1S/C25H32N6O3/c1-6-8-20(27-5)17-11-18(13-28-12-17)30-24(32)21-23(26)29-14-31(25(21)33)22-15(3)9-19(34-7-2)10-16(22)4/h9-14,20,27H,6-8,26H2,1-5H3,(H,30,32). The molecular formula is C25H32N6O3. The van der Waals surface area contributed by atoms with Crippen LogP contribution in [0.4, 0.5) is 11.5 Å². The third-order valence-electron chi connectivity index (χ3n) is 5.59. The van der Waals surface area contributed by atoms with Gasteiger partial charge in [-0.3, -0.25) is 19.1 Å². The molecule has 1 unspecified atom stereocenters. The Labute approximate surface area is 199 Å². The van der Waals surface area contributed by atoms with Crippen LogP contribution in [0.2, 0.25) is 0 Å². The van der Waals surface area contributed by atoms with E-state index in [1.807, 2.05) is 46.0 Å². The highest BCUT2D eigenvalue weighted by Gasteiger charge is 2.21. The maximum Gasteiger partial charge on any atom is 0.272 e. The van der Waals surface area contributed by atoms with Crippen LogP contribution in [0, 0.1) is 13.8 Å². The molecule has 34 heavy (non-hydrogen) atoms. The number of aromatic nitrogens is 3. The Morgan fingerprint density at radius 2 is 1.88 bits per heavy atom. The first-order valence-electron chi connectivity index (χ1n) is 11.4. The number of hydrogen-bond donors (Lipinski definition) is 3. The zero-order valence-corrected chi connectivity index (χ0v) is 20.3. The SMILES string of the molecule is CCCC(NC)c1cncc(NC(=O)c2c(N)ncn(-c3c(C)cc(OCC)cc3C)c2=O)c1. The number of hydrogen-bond acceptors (Lipinski definition) is 7. The lowest BCUT2D eigenvalue weighted by Gasteiger charge is -2.17. The van der Waals surface area contributed by atoms with E-state index in [9.17, 15) is 9.59 Å². The second-order valence-corrected chi connectivity index (χ2v) is 8.11. The molecule has 9 heteroatoms. The van der Waals surface area contributed by atoms with Crippen molar-refractivity contribution in [1.29, 1.82) is 0 Å². The number of carbonyl (C=O) groups is 1. The summed E-state index contributed by atoms with van der Waals surface area (Å²) in [6.07, 6.45) is 6.56. The van der Waals surface area contributed by atoms with Crippen molar-refractivity contribution in [2.45, 2.75) is 46.6 Å². The zero-order valence-electron chi connectivity index (χ0n) is 20.3. The van der Waals surface area contributed by atoms with Crippen molar-refractivity contribution in [3.63, 3.8) is 0 Å². The van der Waals surface area contributed by atoms with E-state index in [4.69, 9.17) is 10.5 Å². The van der Waals surface area contributed by atoms with Gasteiger partial charge in [0.1, 0.15) is 23.5 Å². The fourth-order valence-electron chi connectivity index (χ4n) is 4.06. The summed E-state index contributed by atoms with van der Waals surface area (Å²) in [7, 11) is 1.88. The first kappa shape index (κ1) is 24.9. The van der Waals surface area contributed by atoms with Crippen molar-refractivity contribution in [1.82, 2.24) is 19.9 Å². The van der Waals surface area contributed by atoms with Crippen LogP contribution in [0.15, 0.2) is 41.7 Å². The van der Waals surface area contributed by atoms with Crippen LogP contribution >= 0.6 is 0 Å². The second-order valence-electron chi connectivity index (χ2n) is 8.11. The third-order valence-corrected chi connectivity index (χ3v) is 5.59. The summed E-state index contributed by atoms with van der Waals surface area (Å²) >= 11 is 0. The summed E-state index contributed by atoms with van der Waals surface area (Å²) in [6.45, 7) is 8.30. The van der Waals surface area contributed by atoms with Crippen molar-refractivity contribution in [3.8, 4) is 11.4 Å². The van der Waals surface area contributed by atoms with E-state index in [1.54, 1.807) is 6.20 Å². The highest BCUT2D eigenvalue weighted by atomic mass is 16.5. The van der Waals surface area contributed by atoms with Crippen LogP contribution in [-0.2, 0) is 0 Å². The van der Waals surface area contributed by atoms with Gasteiger partial charge in [-0.15, -0.1) is 0 Å². The average Bonchev–Trinajstić information content (AvgIpc) is 2.79. The molecule has 3 aromatic rings. The van der Waals surface area contributed by atoms with Gasteiger partial charge in [-0.1, -0.05) is 13.3 Å². The van der Waals surface area contributed by atoms with Crippen molar-refractivity contribution in [3.05, 3.63) is 69.5 Å². The Hall–Kier alpha value is -3.72. The van der Waals surface area contributed by atoms with Gasteiger partial charge in [-0.25, -0.2) is 4.98 Å². The van der Waals surface area contributed by atoms with Gasteiger partial charge < -0.3 is 21.1 Å². The summed E-state index contributed by atoms with van der Waals surface area (Å²) < 4.78 is 6.93. The van der Waals surface area contributed by atoms with Crippen LogP contribution < -0.4 is 26.7 Å². The molecule has 1 atom stereocenters. The molecule has 0 spiro atoms. The number of rotatable bonds is 9.